The zero-order chi connectivity index (χ0) is 16.3. The van der Waals surface area contributed by atoms with E-state index in [2.05, 4.69) is 51.7 Å². The summed E-state index contributed by atoms with van der Waals surface area (Å²) in [6.45, 7) is 3.53. The molecule has 5 rings (SSSR count). The summed E-state index contributed by atoms with van der Waals surface area (Å²) < 4.78 is 2.26. The molecule has 0 saturated heterocycles. The molecule has 0 amide bonds. The van der Waals surface area contributed by atoms with E-state index in [1.165, 1.54) is 35.2 Å². The molecule has 1 aromatic carbocycles. The van der Waals surface area contributed by atoms with Gasteiger partial charge in [0.15, 0.2) is 0 Å². The second-order valence-corrected chi connectivity index (χ2v) is 7.05. The first kappa shape index (κ1) is 14.2. The molecule has 122 valence electrons. The van der Waals surface area contributed by atoms with Crippen molar-refractivity contribution in [3.63, 3.8) is 0 Å². The molecule has 3 aromatic rings. The Morgan fingerprint density at radius 3 is 2.67 bits per heavy atom. The third-order valence-electron chi connectivity index (χ3n) is 5.35. The number of aliphatic hydroxyl groups is 1. The summed E-state index contributed by atoms with van der Waals surface area (Å²) in [6.07, 6.45) is 3.87. The molecule has 3 heterocycles. The van der Waals surface area contributed by atoms with Crippen molar-refractivity contribution in [3.8, 4) is 11.1 Å². The fourth-order valence-corrected chi connectivity index (χ4v) is 3.95. The third-order valence-corrected chi connectivity index (χ3v) is 5.35. The fraction of sp³-hybridized carbons (Fsp3) is 0.350. The van der Waals surface area contributed by atoms with Crippen LogP contribution < -0.4 is 0 Å². The van der Waals surface area contributed by atoms with E-state index < -0.39 is 6.23 Å². The van der Waals surface area contributed by atoms with Crippen LogP contribution in [0.15, 0.2) is 42.6 Å². The molecular formula is C20H21N3O. The number of benzene rings is 1. The van der Waals surface area contributed by atoms with Crippen LogP contribution in [0.1, 0.15) is 24.1 Å². The van der Waals surface area contributed by atoms with Gasteiger partial charge in [-0.3, -0.25) is 9.88 Å². The molecule has 24 heavy (non-hydrogen) atoms. The molecule has 1 saturated carbocycles. The molecule has 4 nitrogen and oxygen atoms in total. The van der Waals surface area contributed by atoms with E-state index in [4.69, 9.17) is 0 Å². The molecule has 0 radical (unpaired) electrons. The first-order valence-corrected chi connectivity index (χ1v) is 8.69. The van der Waals surface area contributed by atoms with Gasteiger partial charge in [-0.05, 0) is 37.5 Å². The summed E-state index contributed by atoms with van der Waals surface area (Å²) in [7, 11) is 0. The van der Waals surface area contributed by atoms with Gasteiger partial charge in [0.1, 0.15) is 6.23 Å². The number of nitrogens with zero attached hydrogens (tertiary/aromatic N) is 3. The molecule has 1 atom stereocenters. The summed E-state index contributed by atoms with van der Waals surface area (Å²) in [5, 5.41) is 10.6. The Morgan fingerprint density at radius 2 is 1.92 bits per heavy atom. The van der Waals surface area contributed by atoms with E-state index in [1.54, 1.807) is 0 Å². The molecule has 1 unspecified atom stereocenters. The van der Waals surface area contributed by atoms with Crippen LogP contribution in [0.5, 0.6) is 0 Å². The van der Waals surface area contributed by atoms with Gasteiger partial charge in [0, 0.05) is 30.0 Å². The van der Waals surface area contributed by atoms with Crippen LogP contribution in [0.3, 0.4) is 0 Å². The maximum atomic E-state index is 10.6. The van der Waals surface area contributed by atoms with Crippen molar-refractivity contribution >= 4 is 11.0 Å². The number of aryl methyl sites for hydroxylation is 1. The number of hydrogen-bond donors (Lipinski definition) is 1. The molecule has 2 aromatic heterocycles. The maximum absolute atomic E-state index is 10.6. The molecule has 0 bridgehead atoms. The minimum atomic E-state index is -0.397. The lowest BCUT2D eigenvalue weighted by Gasteiger charge is -2.34. The Hall–Kier alpha value is -2.17. The van der Waals surface area contributed by atoms with E-state index >= 15 is 0 Å². The van der Waals surface area contributed by atoms with Gasteiger partial charge in [-0.1, -0.05) is 29.8 Å². The van der Waals surface area contributed by atoms with Crippen molar-refractivity contribution in [2.75, 3.05) is 0 Å². The predicted molar refractivity (Wildman–Crippen MR) is 94.5 cm³/mol. The van der Waals surface area contributed by atoms with Crippen LogP contribution in [0.25, 0.3) is 22.2 Å². The van der Waals surface area contributed by atoms with Crippen molar-refractivity contribution in [2.45, 2.75) is 45.1 Å². The topological polar surface area (TPSA) is 41.3 Å². The predicted octanol–water partition coefficient (Wildman–Crippen LogP) is 3.31. The van der Waals surface area contributed by atoms with Gasteiger partial charge in [-0.2, -0.15) is 0 Å². The molecule has 1 aliphatic heterocycles. The molecule has 1 fully saturated rings. The number of aliphatic hydroxyl groups excluding tert-OH is 1. The maximum Gasteiger partial charge on any atom is 0.126 e. The standard InChI is InChI=1S/C20H21N3O/c1-13-4-6-14(7-5-13)19-17-11-22(15-8-9-15)18(24)12-23(17)16-3-2-10-21-20(16)19/h2-7,10,15,18,24H,8-9,11-12H2,1H3. The van der Waals surface area contributed by atoms with Crippen molar-refractivity contribution in [3.05, 3.63) is 53.9 Å². The number of fused-ring (bicyclic) bond motifs is 3. The highest BCUT2D eigenvalue weighted by molar-refractivity contribution is 5.95. The van der Waals surface area contributed by atoms with E-state index in [0.29, 0.717) is 12.6 Å². The summed E-state index contributed by atoms with van der Waals surface area (Å²) in [6, 6.07) is 13.3. The Labute approximate surface area is 141 Å². The number of rotatable bonds is 2. The van der Waals surface area contributed by atoms with Crippen molar-refractivity contribution in [2.24, 2.45) is 0 Å². The summed E-state index contributed by atoms with van der Waals surface area (Å²) in [4.78, 5) is 6.93. The van der Waals surface area contributed by atoms with Crippen molar-refractivity contribution in [1.82, 2.24) is 14.5 Å². The number of pyridine rings is 1. The number of aromatic nitrogens is 2. The van der Waals surface area contributed by atoms with Gasteiger partial charge in [0.25, 0.3) is 0 Å². The minimum absolute atomic E-state index is 0.397. The highest BCUT2D eigenvalue weighted by Gasteiger charge is 2.38. The summed E-state index contributed by atoms with van der Waals surface area (Å²) >= 11 is 0. The second kappa shape index (κ2) is 5.16. The van der Waals surface area contributed by atoms with E-state index in [-0.39, 0.29) is 0 Å². The van der Waals surface area contributed by atoms with Crippen LogP contribution in [-0.2, 0) is 13.1 Å². The zero-order valence-electron chi connectivity index (χ0n) is 13.8. The van der Waals surface area contributed by atoms with Gasteiger partial charge >= 0.3 is 0 Å². The molecule has 1 N–H and O–H groups in total. The highest BCUT2D eigenvalue weighted by Crippen LogP contribution is 2.40. The Morgan fingerprint density at radius 1 is 1.12 bits per heavy atom. The number of hydrogen-bond acceptors (Lipinski definition) is 3. The van der Waals surface area contributed by atoms with E-state index in [9.17, 15) is 5.11 Å². The summed E-state index contributed by atoms with van der Waals surface area (Å²) in [5.41, 5.74) is 7.15. The zero-order valence-corrected chi connectivity index (χ0v) is 13.8. The van der Waals surface area contributed by atoms with E-state index in [1.807, 2.05) is 12.3 Å². The van der Waals surface area contributed by atoms with Crippen LogP contribution in [-0.4, -0.2) is 31.8 Å². The van der Waals surface area contributed by atoms with Crippen LogP contribution in [0.4, 0.5) is 0 Å². The second-order valence-electron chi connectivity index (χ2n) is 7.05. The first-order chi connectivity index (χ1) is 11.7. The van der Waals surface area contributed by atoms with Gasteiger partial charge < -0.3 is 9.67 Å². The van der Waals surface area contributed by atoms with Crippen LogP contribution >= 0.6 is 0 Å². The summed E-state index contributed by atoms with van der Waals surface area (Å²) in [5.74, 6) is 0. The molecule has 4 heteroatoms. The van der Waals surface area contributed by atoms with Crippen molar-refractivity contribution < 1.29 is 5.11 Å². The molecule has 0 spiro atoms. The molecule has 2 aliphatic rings. The monoisotopic (exact) mass is 319 g/mol. The largest absolute Gasteiger partial charge is 0.376 e. The quantitative estimate of drug-likeness (QED) is 0.788. The molecular weight excluding hydrogens is 298 g/mol. The average Bonchev–Trinajstić information content (AvgIpc) is 3.39. The fourth-order valence-electron chi connectivity index (χ4n) is 3.95. The van der Waals surface area contributed by atoms with Gasteiger partial charge in [0.05, 0.1) is 17.6 Å². The minimum Gasteiger partial charge on any atom is -0.376 e. The normalized spacial score (nSPS) is 21.2. The lowest BCUT2D eigenvalue weighted by Crippen LogP contribution is -2.44. The first-order valence-electron chi connectivity index (χ1n) is 8.69. The molecule has 1 aliphatic carbocycles. The van der Waals surface area contributed by atoms with Crippen molar-refractivity contribution in [1.29, 1.82) is 0 Å². The van der Waals surface area contributed by atoms with Crippen LogP contribution in [0, 0.1) is 6.92 Å². The van der Waals surface area contributed by atoms with Gasteiger partial charge in [-0.15, -0.1) is 0 Å². The Kier molecular flexibility index (Phi) is 3.05. The Bertz CT molecular complexity index is 909. The average molecular weight is 319 g/mol. The Balaban J connectivity index is 1.74. The van der Waals surface area contributed by atoms with Gasteiger partial charge in [0.2, 0.25) is 0 Å². The van der Waals surface area contributed by atoms with E-state index in [0.717, 1.165) is 17.6 Å². The lowest BCUT2D eigenvalue weighted by atomic mass is 10.0. The lowest BCUT2D eigenvalue weighted by molar-refractivity contribution is -0.0349. The third kappa shape index (κ3) is 2.10. The smallest absolute Gasteiger partial charge is 0.126 e. The highest BCUT2D eigenvalue weighted by atomic mass is 16.3. The van der Waals surface area contributed by atoms with Gasteiger partial charge in [-0.25, -0.2) is 0 Å². The van der Waals surface area contributed by atoms with Crippen LogP contribution in [0.2, 0.25) is 0 Å². The SMILES string of the molecule is Cc1ccc(-c2c3n(c4cccnc24)CC(O)N(C2CC2)C3)cc1.